The first kappa shape index (κ1) is 13.3. The summed E-state index contributed by atoms with van der Waals surface area (Å²) in [6.07, 6.45) is 1.01. The van der Waals surface area contributed by atoms with Gasteiger partial charge in [0.1, 0.15) is 5.75 Å². The molecule has 0 spiro atoms. The number of likely N-dealkylation sites (N-methyl/N-ethyl adjacent to an activating group) is 1. The maximum absolute atomic E-state index is 6.15. The van der Waals surface area contributed by atoms with E-state index in [-0.39, 0.29) is 0 Å². The van der Waals surface area contributed by atoms with Crippen LogP contribution in [0.3, 0.4) is 0 Å². The maximum Gasteiger partial charge on any atom is 0.138 e. The highest BCUT2D eigenvalue weighted by Crippen LogP contribution is 2.28. The van der Waals surface area contributed by atoms with Crippen molar-refractivity contribution in [3.05, 3.63) is 28.3 Å². The van der Waals surface area contributed by atoms with E-state index in [4.69, 9.17) is 16.3 Å². The zero-order valence-electron chi connectivity index (χ0n) is 10.3. The van der Waals surface area contributed by atoms with Crippen LogP contribution in [0.2, 0.25) is 5.02 Å². The molecule has 2 nitrogen and oxygen atoms in total. The summed E-state index contributed by atoms with van der Waals surface area (Å²) in [6.45, 7) is 8.81. The van der Waals surface area contributed by atoms with E-state index in [1.807, 2.05) is 19.1 Å². The topological polar surface area (TPSA) is 21.3 Å². The predicted molar refractivity (Wildman–Crippen MR) is 69.6 cm³/mol. The molecule has 1 aromatic rings. The molecule has 0 saturated carbocycles. The summed E-state index contributed by atoms with van der Waals surface area (Å²) in [6, 6.07) is 4.03. The van der Waals surface area contributed by atoms with Gasteiger partial charge in [-0.25, -0.2) is 0 Å². The van der Waals surface area contributed by atoms with Crippen LogP contribution in [0.4, 0.5) is 0 Å². The number of rotatable bonds is 6. The van der Waals surface area contributed by atoms with Gasteiger partial charge in [0.25, 0.3) is 0 Å². The van der Waals surface area contributed by atoms with E-state index in [0.717, 1.165) is 25.3 Å². The van der Waals surface area contributed by atoms with Gasteiger partial charge in [-0.2, -0.15) is 0 Å². The van der Waals surface area contributed by atoms with Gasteiger partial charge in [0.05, 0.1) is 11.6 Å². The second-order valence-electron chi connectivity index (χ2n) is 3.75. The van der Waals surface area contributed by atoms with Gasteiger partial charge in [0.2, 0.25) is 0 Å². The van der Waals surface area contributed by atoms with E-state index in [0.29, 0.717) is 11.6 Å². The van der Waals surface area contributed by atoms with Crippen LogP contribution in [0.25, 0.3) is 0 Å². The average Bonchev–Trinajstić information content (AvgIpc) is 2.25. The second kappa shape index (κ2) is 6.77. The first-order valence-corrected chi connectivity index (χ1v) is 6.19. The van der Waals surface area contributed by atoms with Crippen molar-refractivity contribution in [2.45, 2.75) is 27.2 Å². The first-order chi connectivity index (χ1) is 7.69. The Hall–Kier alpha value is -0.730. The van der Waals surface area contributed by atoms with Crippen LogP contribution >= 0.6 is 11.6 Å². The summed E-state index contributed by atoms with van der Waals surface area (Å²) in [5.74, 6) is 0.786. The monoisotopic (exact) mass is 241 g/mol. The summed E-state index contributed by atoms with van der Waals surface area (Å²) in [5, 5.41) is 4.02. The fourth-order valence-corrected chi connectivity index (χ4v) is 1.87. The maximum atomic E-state index is 6.15. The van der Waals surface area contributed by atoms with Crippen LogP contribution in [-0.4, -0.2) is 19.7 Å². The molecule has 0 amide bonds. The molecule has 0 aliphatic heterocycles. The number of ether oxygens (including phenoxy) is 1. The highest BCUT2D eigenvalue weighted by Gasteiger charge is 2.06. The Kier molecular flexibility index (Phi) is 5.64. The van der Waals surface area contributed by atoms with Crippen molar-refractivity contribution in [2.24, 2.45) is 0 Å². The van der Waals surface area contributed by atoms with Gasteiger partial charge in [0.15, 0.2) is 0 Å². The number of halogens is 1. The smallest absolute Gasteiger partial charge is 0.138 e. The van der Waals surface area contributed by atoms with Crippen LogP contribution in [0.15, 0.2) is 12.1 Å². The highest BCUT2D eigenvalue weighted by atomic mass is 35.5. The number of aryl methyl sites for hydroxylation is 1. The van der Waals surface area contributed by atoms with Gasteiger partial charge in [-0.1, -0.05) is 18.5 Å². The van der Waals surface area contributed by atoms with Gasteiger partial charge in [-0.05, 0) is 56.6 Å². The van der Waals surface area contributed by atoms with E-state index < -0.39 is 0 Å². The third kappa shape index (κ3) is 3.69. The molecule has 0 bridgehead atoms. The molecule has 1 aromatic carbocycles. The Morgan fingerprint density at radius 3 is 2.69 bits per heavy atom. The standard InChI is InChI=1S/C13H20ClNO/c1-4-15-7-6-11-9-12(14)13(16-5-2)8-10(11)3/h8-9,15H,4-7H2,1-3H3. The zero-order chi connectivity index (χ0) is 12.0. The SMILES string of the molecule is CCNCCc1cc(Cl)c(OCC)cc1C. The summed E-state index contributed by atoms with van der Waals surface area (Å²) in [5.41, 5.74) is 2.53. The van der Waals surface area contributed by atoms with Crippen LogP contribution in [0.1, 0.15) is 25.0 Å². The molecule has 0 fully saturated rings. The highest BCUT2D eigenvalue weighted by molar-refractivity contribution is 6.32. The third-order valence-electron chi connectivity index (χ3n) is 2.51. The zero-order valence-corrected chi connectivity index (χ0v) is 11.0. The molecule has 0 radical (unpaired) electrons. The molecular formula is C13H20ClNO. The van der Waals surface area contributed by atoms with Gasteiger partial charge in [0, 0.05) is 0 Å². The van der Waals surface area contributed by atoms with Crippen LogP contribution in [0.5, 0.6) is 5.75 Å². The van der Waals surface area contributed by atoms with Gasteiger partial charge >= 0.3 is 0 Å². The largest absolute Gasteiger partial charge is 0.492 e. The fourth-order valence-electron chi connectivity index (χ4n) is 1.63. The molecule has 1 rings (SSSR count). The quantitative estimate of drug-likeness (QED) is 0.773. The van der Waals surface area contributed by atoms with Gasteiger partial charge < -0.3 is 10.1 Å². The molecule has 0 atom stereocenters. The second-order valence-corrected chi connectivity index (χ2v) is 4.15. The number of nitrogens with one attached hydrogen (secondary N) is 1. The molecule has 1 N–H and O–H groups in total. The van der Waals surface area contributed by atoms with Crippen molar-refractivity contribution in [1.82, 2.24) is 5.32 Å². The lowest BCUT2D eigenvalue weighted by molar-refractivity contribution is 0.340. The Morgan fingerprint density at radius 1 is 1.31 bits per heavy atom. The summed E-state index contributed by atoms with van der Waals surface area (Å²) in [4.78, 5) is 0. The summed E-state index contributed by atoms with van der Waals surface area (Å²) >= 11 is 6.15. The lowest BCUT2D eigenvalue weighted by atomic mass is 10.1. The Labute approximate surface area is 103 Å². The molecule has 0 aromatic heterocycles. The molecule has 0 saturated heterocycles. The van der Waals surface area contributed by atoms with Crippen LogP contribution < -0.4 is 10.1 Å². The van der Waals surface area contributed by atoms with Crippen LogP contribution in [-0.2, 0) is 6.42 Å². The molecule has 16 heavy (non-hydrogen) atoms. The van der Waals surface area contributed by atoms with E-state index in [1.165, 1.54) is 11.1 Å². The number of hydrogen-bond donors (Lipinski definition) is 1. The fraction of sp³-hybridized carbons (Fsp3) is 0.538. The predicted octanol–water partition coefficient (Wildman–Crippen LogP) is 3.20. The lowest BCUT2D eigenvalue weighted by Gasteiger charge is -2.11. The summed E-state index contributed by atoms with van der Waals surface area (Å²) in [7, 11) is 0. The minimum absolute atomic E-state index is 0.649. The van der Waals surface area contributed by atoms with Crippen molar-refractivity contribution in [3.63, 3.8) is 0 Å². The van der Waals surface area contributed by atoms with Gasteiger partial charge in [-0.3, -0.25) is 0 Å². The molecule has 90 valence electrons. The molecule has 3 heteroatoms. The Morgan fingerprint density at radius 2 is 2.06 bits per heavy atom. The number of hydrogen-bond acceptors (Lipinski definition) is 2. The molecule has 0 unspecified atom stereocenters. The molecule has 0 aliphatic rings. The lowest BCUT2D eigenvalue weighted by Crippen LogP contribution is -2.16. The number of benzene rings is 1. The molecule has 0 heterocycles. The Balaban J connectivity index is 2.75. The van der Waals surface area contributed by atoms with E-state index in [2.05, 4.69) is 19.2 Å². The normalized spacial score (nSPS) is 10.5. The third-order valence-corrected chi connectivity index (χ3v) is 2.81. The summed E-state index contributed by atoms with van der Waals surface area (Å²) < 4.78 is 5.45. The molecular weight excluding hydrogens is 222 g/mol. The first-order valence-electron chi connectivity index (χ1n) is 5.81. The van der Waals surface area contributed by atoms with E-state index in [9.17, 15) is 0 Å². The van der Waals surface area contributed by atoms with Gasteiger partial charge in [-0.15, -0.1) is 0 Å². The van der Waals surface area contributed by atoms with Crippen molar-refractivity contribution < 1.29 is 4.74 Å². The Bertz CT molecular complexity index is 339. The minimum Gasteiger partial charge on any atom is -0.492 e. The average molecular weight is 242 g/mol. The van der Waals surface area contributed by atoms with E-state index >= 15 is 0 Å². The molecule has 0 aliphatic carbocycles. The van der Waals surface area contributed by atoms with E-state index in [1.54, 1.807) is 0 Å². The van der Waals surface area contributed by atoms with Crippen molar-refractivity contribution in [2.75, 3.05) is 19.7 Å². The van der Waals surface area contributed by atoms with Crippen LogP contribution in [0, 0.1) is 6.92 Å². The minimum atomic E-state index is 0.649. The van der Waals surface area contributed by atoms with Crippen molar-refractivity contribution in [3.8, 4) is 5.75 Å². The van der Waals surface area contributed by atoms with Crippen molar-refractivity contribution in [1.29, 1.82) is 0 Å². The van der Waals surface area contributed by atoms with Crippen molar-refractivity contribution >= 4 is 11.6 Å².